The van der Waals surface area contributed by atoms with Crippen LogP contribution >= 0.6 is 34.8 Å². The first-order valence-corrected chi connectivity index (χ1v) is 11.2. The zero-order valence-corrected chi connectivity index (χ0v) is 18.6. The summed E-state index contributed by atoms with van der Waals surface area (Å²) in [5, 5.41) is 20.1. The summed E-state index contributed by atoms with van der Waals surface area (Å²) in [7, 11) is -4.26. The van der Waals surface area contributed by atoms with Gasteiger partial charge in [0.25, 0.3) is 0 Å². The number of hydroxylamine groups is 1. The molecule has 0 radical (unpaired) electrons. The van der Waals surface area contributed by atoms with E-state index in [-0.39, 0.29) is 26.4 Å². The minimum absolute atomic E-state index is 0.0583. The normalized spacial score (nSPS) is 16.8. The summed E-state index contributed by atoms with van der Waals surface area (Å²) >= 11 is 18.1. The fraction of sp³-hybridized carbons (Fsp3) is 0.176. The summed E-state index contributed by atoms with van der Waals surface area (Å²) in [5.41, 5.74) is 8.32. The standard InChI is InChI=1S/C17H15Cl3N6O4S/c18-9-2-1-3-12(14(9)20)26(8-21)17(22)23-11-5-4-10(19)16(15(11)27)31(28,29)25-13-6-7-30-24-13/h1-5,13,24-25,27H,6-7H2,(H2,22,23). The number of guanidine groups is 1. The summed E-state index contributed by atoms with van der Waals surface area (Å²) < 4.78 is 27.8. The summed E-state index contributed by atoms with van der Waals surface area (Å²) in [6.07, 6.45) is 1.48. The van der Waals surface area contributed by atoms with Crippen molar-refractivity contribution in [3.8, 4) is 11.9 Å². The van der Waals surface area contributed by atoms with Crippen LogP contribution in [-0.4, -0.2) is 32.3 Å². The Bertz CT molecular complexity index is 1180. The molecule has 1 heterocycles. The molecule has 2 aromatic rings. The van der Waals surface area contributed by atoms with Crippen LogP contribution in [0.3, 0.4) is 0 Å². The Labute approximate surface area is 192 Å². The molecule has 1 fully saturated rings. The van der Waals surface area contributed by atoms with Crippen molar-refractivity contribution in [2.45, 2.75) is 17.5 Å². The highest BCUT2D eigenvalue weighted by atomic mass is 35.5. The average Bonchev–Trinajstić information content (AvgIpc) is 3.20. The Balaban J connectivity index is 2.01. The molecule has 0 amide bonds. The van der Waals surface area contributed by atoms with Crippen molar-refractivity contribution in [3.63, 3.8) is 0 Å². The van der Waals surface area contributed by atoms with Gasteiger partial charge in [-0.1, -0.05) is 40.9 Å². The predicted molar refractivity (Wildman–Crippen MR) is 117 cm³/mol. The average molecular weight is 506 g/mol. The molecule has 1 unspecified atom stereocenters. The van der Waals surface area contributed by atoms with Crippen molar-refractivity contribution in [1.82, 2.24) is 10.2 Å². The summed E-state index contributed by atoms with van der Waals surface area (Å²) in [4.78, 5) is 9.16. The number of aliphatic imine (C=N–C) groups is 1. The molecule has 0 spiro atoms. The number of halogens is 3. The van der Waals surface area contributed by atoms with E-state index < -0.39 is 32.8 Å². The molecule has 2 aromatic carbocycles. The number of anilines is 1. The SMILES string of the molecule is N#CN(C(N)=Nc1ccc(Cl)c(S(=O)(=O)NC2CCON2)c1O)c1cccc(Cl)c1Cl. The lowest BCUT2D eigenvalue weighted by molar-refractivity contribution is 0.0866. The van der Waals surface area contributed by atoms with Gasteiger partial charge in [0.15, 0.2) is 11.9 Å². The largest absolute Gasteiger partial charge is 0.504 e. The predicted octanol–water partition coefficient (Wildman–Crippen LogP) is 2.82. The van der Waals surface area contributed by atoms with E-state index in [0.29, 0.717) is 13.0 Å². The quantitative estimate of drug-likeness (QED) is 0.209. The monoisotopic (exact) mass is 504 g/mol. The molecule has 14 heteroatoms. The maximum Gasteiger partial charge on any atom is 0.247 e. The molecule has 0 bridgehead atoms. The van der Waals surface area contributed by atoms with Crippen molar-refractivity contribution >= 4 is 62.2 Å². The van der Waals surface area contributed by atoms with Gasteiger partial charge in [-0.15, -0.1) is 0 Å². The van der Waals surface area contributed by atoms with Crippen LogP contribution in [0.15, 0.2) is 40.2 Å². The van der Waals surface area contributed by atoms with Gasteiger partial charge in [0.2, 0.25) is 16.0 Å². The van der Waals surface area contributed by atoms with Gasteiger partial charge < -0.3 is 15.7 Å². The number of phenols is 1. The Hall–Kier alpha value is -2.30. The Morgan fingerprint density at radius 3 is 2.71 bits per heavy atom. The van der Waals surface area contributed by atoms with E-state index in [4.69, 9.17) is 45.4 Å². The van der Waals surface area contributed by atoms with Gasteiger partial charge in [-0.25, -0.2) is 18.3 Å². The lowest BCUT2D eigenvalue weighted by Gasteiger charge is -2.17. The van der Waals surface area contributed by atoms with Crippen LogP contribution in [0.2, 0.25) is 15.1 Å². The first-order chi connectivity index (χ1) is 14.7. The van der Waals surface area contributed by atoms with Crippen LogP contribution in [0.1, 0.15) is 6.42 Å². The molecule has 0 aliphatic carbocycles. The number of nitrogens with one attached hydrogen (secondary N) is 2. The van der Waals surface area contributed by atoms with Crippen LogP contribution in [0.4, 0.5) is 11.4 Å². The second kappa shape index (κ2) is 9.46. The zero-order chi connectivity index (χ0) is 22.8. The van der Waals surface area contributed by atoms with Gasteiger partial charge in [-0.05, 0) is 24.3 Å². The fourth-order valence-electron chi connectivity index (χ4n) is 2.67. The molecule has 1 atom stereocenters. The van der Waals surface area contributed by atoms with E-state index in [0.717, 1.165) is 4.90 Å². The highest BCUT2D eigenvalue weighted by molar-refractivity contribution is 7.89. The lowest BCUT2D eigenvalue weighted by atomic mass is 10.3. The molecular weight excluding hydrogens is 491 g/mol. The smallest absolute Gasteiger partial charge is 0.247 e. The van der Waals surface area contributed by atoms with Crippen molar-refractivity contribution in [2.24, 2.45) is 10.7 Å². The van der Waals surface area contributed by atoms with E-state index in [9.17, 15) is 18.8 Å². The second-order valence-corrected chi connectivity index (χ2v) is 8.99. The molecule has 1 aliphatic rings. The van der Waals surface area contributed by atoms with Crippen LogP contribution in [0.5, 0.6) is 5.75 Å². The van der Waals surface area contributed by atoms with E-state index in [1.807, 2.05) is 0 Å². The maximum atomic E-state index is 12.7. The zero-order valence-electron chi connectivity index (χ0n) is 15.5. The minimum atomic E-state index is -4.26. The Morgan fingerprint density at radius 1 is 1.32 bits per heavy atom. The van der Waals surface area contributed by atoms with Crippen molar-refractivity contribution in [1.29, 1.82) is 5.26 Å². The first kappa shape index (κ1) is 23.4. The van der Waals surface area contributed by atoms with Gasteiger partial charge in [-0.3, -0.25) is 0 Å². The number of benzene rings is 2. The molecular formula is C17H15Cl3N6O4S. The number of nitrogens with two attached hydrogens (primary N) is 1. The van der Waals surface area contributed by atoms with Gasteiger partial charge in [0.05, 0.1) is 33.5 Å². The van der Waals surface area contributed by atoms with Crippen LogP contribution < -0.4 is 20.8 Å². The van der Waals surface area contributed by atoms with E-state index >= 15 is 0 Å². The number of aromatic hydroxyl groups is 1. The molecule has 1 saturated heterocycles. The van der Waals surface area contributed by atoms with Crippen LogP contribution in [0.25, 0.3) is 0 Å². The third-order valence-corrected chi connectivity index (χ3v) is 6.88. The van der Waals surface area contributed by atoms with Gasteiger partial charge in [-0.2, -0.15) is 15.5 Å². The molecule has 0 saturated carbocycles. The number of hydrogen-bond acceptors (Lipinski definition) is 7. The molecule has 10 nitrogen and oxygen atoms in total. The van der Waals surface area contributed by atoms with Gasteiger partial charge >= 0.3 is 0 Å². The number of phenolic OH excluding ortho intramolecular Hbond substituents is 1. The molecule has 31 heavy (non-hydrogen) atoms. The highest BCUT2D eigenvalue weighted by Gasteiger charge is 2.29. The molecule has 164 valence electrons. The minimum Gasteiger partial charge on any atom is -0.504 e. The number of sulfonamides is 1. The molecule has 1 aliphatic heterocycles. The van der Waals surface area contributed by atoms with Crippen LogP contribution in [-0.2, 0) is 14.9 Å². The Kier molecular flexibility index (Phi) is 7.13. The maximum absolute atomic E-state index is 12.7. The topological polar surface area (TPSA) is 153 Å². The summed E-state index contributed by atoms with van der Waals surface area (Å²) in [6.45, 7) is 0.309. The summed E-state index contributed by atoms with van der Waals surface area (Å²) in [6, 6.07) is 7.03. The molecule has 3 rings (SSSR count). The van der Waals surface area contributed by atoms with Crippen molar-refractivity contribution in [2.75, 3.05) is 11.5 Å². The third-order valence-electron chi connectivity index (χ3n) is 4.10. The lowest BCUT2D eigenvalue weighted by Crippen LogP contribution is -2.40. The molecule has 0 aromatic heterocycles. The van der Waals surface area contributed by atoms with E-state index in [1.165, 1.54) is 24.3 Å². The van der Waals surface area contributed by atoms with Crippen molar-refractivity contribution < 1.29 is 18.4 Å². The number of hydrogen-bond donors (Lipinski definition) is 4. The van der Waals surface area contributed by atoms with Crippen LogP contribution in [0, 0.1) is 11.5 Å². The third kappa shape index (κ3) is 4.97. The number of rotatable bonds is 5. The first-order valence-electron chi connectivity index (χ1n) is 8.55. The molecule has 5 N–H and O–H groups in total. The second-order valence-electron chi connectivity index (χ2n) is 6.15. The summed E-state index contributed by atoms with van der Waals surface area (Å²) in [5.74, 6) is -1.15. The number of nitriles is 1. The number of nitrogens with zero attached hydrogens (tertiary/aromatic N) is 3. The van der Waals surface area contributed by atoms with E-state index in [1.54, 1.807) is 12.3 Å². The van der Waals surface area contributed by atoms with E-state index in [2.05, 4.69) is 15.2 Å². The fourth-order valence-corrected chi connectivity index (χ4v) is 4.85. The highest BCUT2D eigenvalue weighted by Crippen LogP contribution is 2.39. The van der Waals surface area contributed by atoms with Crippen molar-refractivity contribution in [3.05, 3.63) is 45.4 Å². The van der Waals surface area contributed by atoms with Gasteiger partial charge in [0, 0.05) is 6.42 Å². The Morgan fingerprint density at radius 2 is 2.06 bits per heavy atom. The van der Waals surface area contributed by atoms with Gasteiger partial charge in [0.1, 0.15) is 10.6 Å².